The van der Waals surface area contributed by atoms with E-state index >= 15 is 0 Å². The molecule has 0 N–H and O–H groups in total. The van der Waals surface area contributed by atoms with Gasteiger partial charge < -0.3 is 4.74 Å². The van der Waals surface area contributed by atoms with E-state index in [-0.39, 0.29) is 0 Å². The summed E-state index contributed by atoms with van der Waals surface area (Å²) in [6.07, 6.45) is 0.210. The molecule has 0 heterocycles. The maximum atomic E-state index is 11.0. The van der Waals surface area contributed by atoms with Crippen molar-refractivity contribution in [2.75, 3.05) is 7.11 Å². The first-order valence-electron chi connectivity index (χ1n) is 3.53. The summed E-state index contributed by atoms with van der Waals surface area (Å²) in [4.78, 5) is 35.2. The van der Waals surface area contributed by atoms with Gasteiger partial charge in [-0.3, -0.25) is 0 Å². The fraction of sp³-hybridized carbons (Fsp3) is 0.571. The minimum atomic E-state index is -0.975. The number of carbonyl (C=O) groups excluding carboxylic acids is 3. The molecule has 0 aromatic heterocycles. The van der Waals surface area contributed by atoms with Gasteiger partial charge in [0, 0.05) is 6.04 Å². The first kappa shape index (κ1) is 11.3. The highest BCUT2D eigenvalue weighted by Gasteiger charge is 2.24. The van der Waals surface area contributed by atoms with Gasteiger partial charge in [-0.05, 0) is 13.8 Å². The molecule has 0 spiro atoms. The molecule has 72 valence electrons. The molecule has 0 bridgehead atoms. The number of aliphatic imine (C=N–C) groups is 1. The van der Waals surface area contributed by atoms with Crippen molar-refractivity contribution in [1.82, 2.24) is 4.90 Å². The van der Waals surface area contributed by atoms with E-state index in [9.17, 15) is 14.4 Å². The molecule has 0 aromatic carbocycles. The van der Waals surface area contributed by atoms with Crippen molar-refractivity contribution in [3.63, 3.8) is 0 Å². The lowest BCUT2D eigenvalue weighted by Gasteiger charge is -2.19. The molecule has 0 saturated heterocycles. The molecule has 0 aliphatic carbocycles. The van der Waals surface area contributed by atoms with Crippen molar-refractivity contribution < 1.29 is 19.1 Å². The molecule has 0 aliphatic heterocycles. The second kappa shape index (κ2) is 5.05. The summed E-state index contributed by atoms with van der Waals surface area (Å²) in [5.41, 5.74) is 0. The molecule has 0 saturated carbocycles. The largest absolute Gasteiger partial charge is 0.452 e. The van der Waals surface area contributed by atoms with Gasteiger partial charge in [-0.25, -0.2) is 19.3 Å². The second-order valence-corrected chi connectivity index (χ2v) is 2.42. The topological polar surface area (TPSA) is 76.0 Å². The number of methoxy groups -OCH3 is 1. The predicted octanol–water partition coefficient (Wildman–Crippen LogP) is 0.919. The predicted molar refractivity (Wildman–Crippen MR) is 42.9 cm³/mol. The molecular weight excluding hydrogens is 176 g/mol. The molecule has 0 atom stereocenters. The first-order valence-corrected chi connectivity index (χ1v) is 3.53. The van der Waals surface area contributed by atoms with E-state index in [2.05, 4.69) is 9.73 Å². The van der Waals surface area contributed by atoms with E-state index in [1.54, 1.807) is 13.8 Å². The summed E-state index contributed by atoms with van der Waals surface area (Å²) in [5, 5.41) is 0. The Bertz CT molecular complexity index is 255. The summed E-state index contributed by atoms with van der Waals surface area (Å²) >= 11 is 0. The van der Waals surface area contributed by atoms with Crippen molar-refractivity contribution in [2.45, 2.75) is 19.9 Å². The number of urea groups is 1. The van der Waals surface area contributed by atoms with Crippen LogP contribution in [0, 0.1) is 0 Å². The molecule has 0 unspecified atom stereocenters. The smallest absolute Gasteiger partial charge is 0.418 e. The third kappa shape index (κ3) is 3.04. The lowest BCUT2D eigenvalue weighted by Crippen LogP contribution is -2.40. The van der Waals surface area contributed by atoms with E-state index in [1.165, 1.54) is 0 Å². The number of hydrogen-bond acceptors (Lipinski definition) is 4. The number of rotatable bonds is 1. The molecule has 3 amide bonds. The number of isocyanates is 1. The Balaban J connectivity index is 4.70. The zero-order chi connectivity index (χ0) is 10.4. The Hall–Kier alpha value is -1.68. The molecular formula is C7H10N2O4. The van der Waals surface area contributed by atoms with Crippen LogP contribution in [0.3, 0.4) is 0 Å². The summed E-state index contributed by atoms with van der Waals surface area (Å²) in [6, 6.07) is -1.39. The number of amides is 3. The first-order chi connectivity index (χ1) is 6.04. The summed E-state index contributed by atoms with van der Waals surface area (Å²) in [6.45, 7) is 3.18. The van der Waals surface area contributed by atoms with Crippen LogP contribution in [0.5, 0.6) is 0 Å². The number of ether oxygens (including phenoxy) is 1. The maximum Gasteiger partial charge on any atom is 0.418 e. The highest BCUT2D eigenvalue weighted by molar-refractivity contribution is 5.93. The van der Waals surface area contributed by atoms with Gasteiger partial charge in [0.25, 0.3) is 0 Å². The minimum Gasteiger partial charge on any atom is -0.452 e. The number of hydrogen-bond donors (Lipinski definition) is 0. The van der Waals surface area contributed by atoms with Gasteiger partial charge in [-0.15, -0.1) is 4.99 Å². The molecule has 6 nitrogen and oxygen atoms in total. The van der Waals surface area contributed by atoms with Crippen LogP contribution in [0.15, 0.2) is 4.99 Å². The van der Waals surface area contributed by atoms with E-state index in [0.29, 0.717) is 4.90 Å². The van der Waals surface area contributed by atoms with Crippen LogP contribution in [-0.2, 0) is 9.53 Å². The fourth-order valence-corrected chi connectivity index (χ4v) is 0.701. The minimum absolute atomic E-state index is 0.419. The second-order valence-electron chi connectivity index (χ2n) is 2.42. The van der Waals surface area contributed by atoms with Crippen molar-refractivity contribution >= 4 is 18.2 Å². The maximum absolute atomic E-state index is 11.0. The SMILES string of the molecule is COC(=O)N(C(=O)N=C=O)C(C)C. The lowest BCUT2D eigenvalue weighted by molar-refractivity contribution is 0.123. The zero-order valence-corrected chi connectivity index (χ0v) is 7.60. The summed E-state index contributed by atoms with van der Waals surface area (Å²) in [7, 11) is 1.13. The number of nitrogens with zero attached hydrogens (tertiary/aromatic N) is 2. The Morgan fingerprint density at radius 3 is 2.31 bits per heavy atom. The van der Waals surface area contributed by atoms with E-state index < -0.39 is 18.2 Å². The van der Waals surface area contributed by atoms with Crippen LogP contribution >= 0.6 is 0 Å². The standard InChI is InChI=1S/C7H10N2O4/c1-5(2)9(7(12)13-3)6(11)8-4-10/h5H,1-3H3. The Labute approximate surface area is 75.2 Å². The Morgan fingerprint density at radius 2 is 2.00 bits per heavy atom. The highest BCUT2D eigenvalue weighted by atomic mass is 16.5. The van der Waals surface area contributed by atoms with Gasteiger partial charge in [0.2, 0.25) is 6.08 Å². The Kier molecular flexibility index (Phi) is 4.40. The lowest BCUT2D eigenvalue weighted by atomic mass is 10.3. The molecule has 0 radical (unpaired) electrons. The molecule has 0 rings (SSSR count). The van der Waals surface area contributed by atoms with E-state index in [4.69, 9.17) is 0 Å². The molecule has 13 heavy (non-hydrogen) atoms. The highest BCUT2D eigenvalue weighted by Crippen LogP contribution is 2.03. The molecule has 0 fully saturated rings. The quantitative estimate of drug-likeness (QED) is 0.450. The van der Waals surface area contributed by atoms with Crippen LogP contribution in [-0.4, -0.2) is 36.3 Å². The Morgan fingerprint density at radius 1 is 1.46 bits per heavy atom. The number of carbonyl (C=O) groups is 2. The third-order valence-electron chi connectivity index (χ3n) is 1.24. The normalized spacial score (nSPS) is 8.92. The van der Waals surface area contributed by atoms with Crippen LogP contribution in [0.4, 0.5) is 9.59 Å². The van der Waals surface area contributed by atoms with Gasteiger partial charge in [0.05, 0.1) is 7.11 Å². The van der Waals surface area contributed by atoms with Gasteiger partial charge in [-0.2, -0.15) is 0 Å². The van der Waals surface area contributed by atoms with Crippen LogP contribution < -0.4 is 0 Å². The number of imide groups is 1. The van der Waals surface area contributed by atoms with Gasteiger partial charge in [0.15, 0.2) is 0 Å². The molecule has 0 aromatic rings. The van der Waals surface area contributed by atoms with Crippen molar-refractivity contribution in [2.24, 2.45) is 4.99 Å². The molecule has 6 heteroatoms. The average molecular weight is 186 g/mol. The van der Waals surface area contributed by atoms with Crippen molar-refractivity contribution in [3.8, 4) is 0 Å². The fourth-order valence-electron chi connectivity index (χ4n) is 0.701. The van der Waals surface area contributed by atoms with E-state index in [1.807, 2.05) is 0 Å². The van der Waals surface area contributed by atoms with Crippen LogP contribution in [0.25, 0.3) is 0 Å². The monoisotopic (exact) mass is 186 g/mol. The summed E-state index contributed by atoms with van der Waals surface area (Å²) in [5.74, 6) is 0. The van der Waals surface area contributed by atoms with E-state index in [0.717, 1.165) is 13.2 Å². The average Bonchev–Trinajstić information content (AvgIpc) is 2.04. The van der Waals surface area contributed by atoms with Gasteiger partial charge in [0.1, 0.15) is 0 Å². The van der Waals surface area contributed by atoms with Gasteiger partial charge in [-0.1, -0.05) is 0 Å². The third-order valence-corrected chi connectivity index (χ3v) is 1.24. The zero-order valence-electron chi connectivity index (χ0n) is 7.60. The van der Waals surface area contributed by atoms with Gasteiger partial charge >= 0.3 is 12.1 Å². The van der Waals surface area contributed by atoms with Crippen molar-refractivity contribution in [1.29, 1.82) is 0 Å². The van der Waals surface area contributed by atoms with Crippen molar-refractivity contribution in [3.05, 3.63) is 0 Å². The van der Waals surface area contributed by atoms with Crippen LogP contribution in [0.1, 0.15) is 13.8 Å². The molecule has 0 aliphatic rings. The summed E-state index contributed by atoms with van der Waals surface area (Å²) < 4.78 is 4.32. The van der Waals surface area contributed by atoms with Crippen LogP contribution in [0.2, 0.25) is 0 Å².